The Bertz CT molecular complexity index is 699. The number of hydrogen-bond donors (Lipinski definition) is 3. The van der Waals surface area contributed by atoms with Gasteiger partial charge in [0.05, 0.1) is 0 Å². The van der Waals surface area contributed by atoms with Gasteiger partial charge in [-0.15, -0.1) is 0 Å². The molecule has 0 atom stereocenters. The molecule has 0 spiro atoms. The van der Waals surface area contributed by atoms with Crippen LogP contribution in [-0.4, -0.2) is 11.9 Å². The number of aryl methyl sites for hydroxylation is 1. The van der Waals surface area contributed by atoms with Crippen molar-refractivity contribution >= 4 is 29.0 Å². The van der Waals surface area contributed by atoms with Gasteiger partial charge < -0.3 is 16.0 Å². The van der Waals surface area contributed by atoms with E-state index in [0.717, 1.165) is 0 Å². The van der Waals surface area contributed by atoms with Gasteiger partial charge in [0.2, 0.25) is 5.91 Å². The third kappa shape index (κ3) is 4.31. The molecule has 0 aliphatic carbocycles. The summed E-state index contributed by atoms with van der Waals surface area (Å²) >= 11 is 0. The summed E-state index contributed by atoms with van der Waals surface area (Å²) in [6.07, 6.45) is 0. The lowest BCUT2D eigenvalue weighted by Crippen LogP contribution is -2.19. The Hall–Kier alpha value is -2.89. The van der Waals surface area contributed by atoms with Crippen molar-refractivity contribution < 1.29 is 14.0 Å². The molecule has 0 aromatic heterocycles. The SMILES string of the molecule is CC(=O)Nc1ccc(NC(=O)Nc2ccc(F)c(C)c2)cc1. The first kappa shape index (κ1) is 15.5. The number of nitrogens with one attached hydrogen (secondary N) is 3. The highest BCUT2D eigenvalue weighted by Gasteiger charge is 2.05. The van der Waals surface area contributed by atoms with Gasteiger partial charge in [-0.25, -0.2) is 9.18 Å². The van der Waals surface area contributed by atoms with Crippen LogP contribution >= 0.6 is 0 Å². The quantitative estimate of drug-likeness (QED) is 0.808. The van der Waals surface area contributed by atoms with Gasteiger partial charge in [0.15, 0.2) is 0 Å². The van der Waals surface area contributed by atoms with Crippen LogP contribution in [0.1, 0.15) is 12.5 Å². The molecule has 0 aliphatic heterocycles. The van der Waals surface area contributed by atoms with Gasteiger partial charge in [-0.05, 0) is 55.0 Å². The normalized spacial score (nSPS) is 9.95. The standard InChI is InChI=1S/C16H16FN3O2/c1-10-9-14(7-8-15(10)17)20-16(22)19-13-5-3-12(4-6-13)18-11(2)21/h3-9H,1-2H3,(H,18,21)(H2,19,20,22). The average Bonchev–Trinajstić information content (AvgIpc) is 2.44. The van der Waals surface area contributed by atoms with Crippen LogP contribution in [0.5, 0.6) is 0 Å². The predicted octanol–water partition coefficient (Wildman–Crippen LogP) is 3.74. The van der Waals surface area contributed by atoms with Gasteiger partial charge in [0.1, 0.15) is 5.82 Å². The van der Waals surface area contributed by atoms with Crippen LogP contribution in [-0.2, 0) is 4.79 Å². The molecule has 3 amide bonds. The number of anilines is 3. The van der Waals surface area contributed by atoms with Gasteiger partial charge in [0.25, 0.3) is 0 Å². The molecule has 0 unspecified atom stereocenters. The molecule has 0 bridgehead atoms. The lowest BCUT2D eigenvalue weighted by atomic mass is 10.2. The van der Waals surface area contributed by atoms with Gasteiger partial charge >= 0.3 is 6.03 Å². The highest BCUT2D eigenvalue weighted by molar-refractivity contribution is 6.00. The van der Waals surface area contributed by atoms with E-state index in [1.807, 2.05) is 0 Å². The fourth-order valence-corrected chi connectivity index (χ4v) is 1.86. The maximum Gasteiger partial charge on any atom is 0.323 e. The Balaban J connectivity index is 1.96. The largest absolute Gasteiger partial charge is 0.326 e. The van der Waals surface area contributed by atoms with Crippen molar-refractivity contribution in [2.24, 2.45) is 0 Å². The monoisotopic (exact) mass is 301 g/mol. The molecule has 0 aliphatic rings. The predicted molar refractivity (Wildman–Crippen MR) is 84.5 cm³/mol. The van der Waals surface area contributed by atoms with Crippen LogP contribution in [0.25, 0.3) is 0 Å². The topological polar surface area (TPSA) is 70.2 Å². The highest BCUT2D eigenvalue weighted by atomic mass is 19.1. The summed E-state index contributed by atoms with van der Waals surface area (Å²) in [5.74, 6) is -0.482. The zero-order valence-corrected chi connectivity index (χ0v) is 12.2. The number of carbonyl (C=O) groups is 2. The van der Waals surface area contributed by atoms with Crippen molar-refractivity contribution in [2.75, 3.05) is 16.0 Å². The zero-order valence-electron chi connectivity index (χ0n) is 12.2. The molecule has 114 valence electrons. The molecule has 2 aromatic rings. The van der Waals surface area contributed by atoms with E-state index in [0.29, 0.717) is 22.6 Å². The second-order valence-corrected chi connectivity index (χ2v) is 4.80. The Labute approximate surface area is 127 Å². The van der Waals surface area contributed by atoms with Crippen LogP contribution in [0.15, 0.2) is 42.5 Å². The summed E-state index contributed by atoms with van der Waals surface area (Å²) < 4.78 is 13.2. The summed E-state index contributed by atoms with van der Waals surface area (Å²) in [7, 11) is 0. The minimum absolute atomic E-state index is 0.162. The Morgan fingerprint density at radius 3 is 1.91 bits per heavy atom. The van der Waals surface area contributed by atoms with E-state index in [4.69, 9.17) is 0 Å². The van der Waals surface area contributed by atoms with Gasteiger partial charge in [-0.2, -0.15) is 0 Å². The fraction of sp³-hybridized carbons (Fsp3) is 0.125. The number of carbonyl (C=O) groups excluding carboxylic acids is 2. The van der Waals surface area contributed by atoms with Gasteiger partial charge in [0, 0.05) is 24.0 Å². The van der Waals surface area contributed by atoms with E-state index in [1.54, 1.807) is 37.3 Å². The molecule has 3 N–H and O–H groups in total. The molecule has 0 heterocycles. The number of halogens is 1. The summed E-state index contributed by atoms with van der Waals surface area (Å²) in [4.78, 5) is 22.8. The molecule has 0 saturated carbocycles. The lowest BCUT2D eigenvalue weighted by Gasteiger charge is -2.09. The molecular weight excluding hydrogens is 285 g/mol. The minimum atomic E-state index is -0.432. The molecule has 2 aromatic carbocycles. The number of urea groups is 1. The summed E-state index contributed by atoms with van der Waals surface area (Å²) in [5.41, 5.74) is 2.18. The first-order valence-corrected chi connectivity index (χ1v) is 6.66. The van der Waals surface area contributed by atoms with E-state index in [-0.39, 0.29) is 11.7 Å². The zero-order chi connectivity index (χ0) is 16.1. The highest BCUT2D eigenvalue weighted by Crippen LogP contribution is 2.16. The van der Waals surface area contributed by atoms with Gasteiger partial charge in [-0.1, -0.05) is 0 Å². The van der Waals surface area contributed by atoms with E-state index in [2.05, 4.69) is 16.0 Å². The van der Waals surface area contributed by atoms with Crippen LogP contribution < -0.4 is 16.0 Å². The maximum absolute atomic E-state index is 13.2. The molecule has 0 fully saturated rings. The molecule has 5 nitrogen and oxygen atoms in total. The average molecular weight is 301 g/mol. The van der Waals surface area contributed by atoms with Crippen molar-refractivity contribution in [3.8, 4) is 0 Å². The van der Waals surface area contributed by atoms with Crippen LogP contribution in [0, 0.1) is 12.7 Å². The number of benzene rings is 2. The van der Waals surface area contributed by atoms with Crippen molar-refractivity contribution in [1.82, 2.24) is 0 Å². The summed E-state index contributed by atoms with van der Waals surface area (Å²) in [6.45, 7) is 3.05. The molecule has 22 heavy (non-hydrogen) atoms. The third-order valence-electron chi connectivity index (χ3n) is 2.88. The smallest absolute Gasteiger partial charge is 0.323 e. The van der Waals surface area contributed by atoms with Crippen LogP contribution in [0.2, 0.25) is 0 Å². The summed E-state index contributed by atoms with van der Waals surface area (Å²) in [5, 5.41) is 7.90. The molecule has 2 rings (SSSR count). The van der Waals surface area contributed by atoms with Gasteiger partial charge in [-0.3, -0.25) is 4.79 Å². The molecule has 0 saturated heterocycles. The third-order valence-corrected chi connectivity index (χ3v) is 2.88. The first-order chi connectivity index (χ1) is 10.4. The lowest BCUT2D eigenvalue weighted by molar-refractivity contribution is -0.114. The Morgan fingerprint density at radius 1 is 0.864 bits per heavy atom. The fourth-order valence-electron chi connectivity index (χ4n) is 1.86. The van der Waals surface area contributed by atoms with Crippen molar-refractivity contribution in [3.05, 3.63) is 53.8 Å². The number of hydrogen-bond acceptors (Lipinski definition) is 2. The van der Waals surface area contributed by atoms with E-state index >= 15 is 0 Å². The first-order valence-electron chi connectivity index (χ1n) is 6.66. The van der Waals surface area contributed by atoms with Crippen molar-refractivity contribution in [3.63, 3.8) is 0 Å². The number of amides is 3. The van der Waals surface area contributed by atoms with Crippen molar-refractivity contribution in [1.29, 1.82) is 0 Å². The minimum Gasteiger partial charge on any atom is -0.326 e. The van der Waals surface area contributed by atoms with Crippen LogP contribution in [0.3, 0.4) is 0 Å². The Morgan fingerprint density at radius 2 is 1.36 bits per heavy atom. The van der Waals surface area contributed by atoms with Crippen molar-refractivity contribution in [2.45, 2.75) is 13.8 Å². The van der Waals surface area contributed by atoms with E-state index in [1.165, 1.54) is 19.1 Å². The molecule has 6 heteroatoms. The Kier molecular flexibility index (Phi) is 4.73. The number of rotatable bonds is 3. The summed E-state index contributed by atoms with van der Waals surface area (Å²) in [6, 6.07) is 10.6. The van der Waals surface area contributed by atoms with E-state index < -0.39 is 6.03 Å². The second kappa shape index (κ2) is 6.71. The molecular formula is C16H16FN3O2. The van der Waals surface area contributed by atoms with E-state index in [9.17, 15) is 14.0 Å². The van der Waals surface area contributed by atoms with Crippen LogP contribution in [0.4, 0.5) is 26.2 Å². The second-order valence-electron chi connectivity index (χ2n) is 4.80. The maximum atomic E-state index is 13.2. The molecule has 0 radical (unpaired) electrons.